The minimum atomic E-state index is -0.373. The molecule has 2 N–H and O–H groups in total. The fourth-order valence-corrected chi connectivity index (χ4v) is 2.40. The molecule has 0 radical (unpaired) electrons. The Balaban J connectivity index is 1.83. The van der Waals surface area contributed by atoms with Gasteiger partial charge in [-0.2, -0.15) is 0 Å². The van der Waals surface area contributed by atoms with Crippen LogP contribution in [0.25, 0.3) is 0 Å². The SMILES string of the molecule is O=[N+]([O-])c1ccc(NCCCc2ncc[nH]2)cc1I. The van der Waals surface area contributed by atoms with Crippen LogP contribution in [0.15, 0.2) is 30.6 Å². The van der Waals surface area contributed by atoms with Gasteiger partial charge in [-0.3, -0.25) is 10.1 Å². The van der Waals surface area contributed by atoms with E-state index in [1.165, 1.54) is 6.07 Å². The van der Waals surface area contributed by atoms with Crippen LogP contribution in [0, 0.1) is 13.7 Å². The third-order valence-electron chi connectivity index (χ3n) is 2.62. The molecule has 100 valence electrons. The number of aromatic nitrogens is 2. The van der Waals surface area contributed by atoms with Crippen LogP contribution < -0.4 is 5.32 Å². The van der Waals surface area contributed by atoms with Crippen molar-refractivity contribution in [1.29, 1.82) is 0 Å². The second-order valence-electron chi connectivity index (χ2n) is 3.99. The molecule has 1 heterocycles. The first kappa shape index (κ1) is 13.8. The Hall–Kier alpha value is -1.64. The van der Waals surface area contributed by atoms with E-state index >= 15 is 0 Å². The van der Waals surface area contributed by atoms with Gasteiger partial charge in [0.25, 0.3) is 5.69 Å². The average molecular weight is 372 g/mol. The topological polar surface area (TPSA) is 83.8 Å². The molecule has 0 aliphatic carbocycles. The molecule has 0 bridgehead atoms. The molecule has 7 heteroatoms. The molecule has 6 nitrogen and oxygen atoms in total. The zero-order valence-corrected chi connectivity index (χ0v) is 12.3. The minimum absolute atomic E-state index is 0.140. The maximum Gasteiger partial charge on any atom is 0.282 e. The fourth-order valence-electron chi connectivity index (χ4n) is 1.69. The Bertz CT molecular complexity index is 557. The molecular weight excluding hydrogens is 359 g/mol. The van der Waals surface area contributed by atoms with Crippen molar-refractivity contribution in [1.82, 2.24) is 9.97 Å². The summed E-state index contributed by atoms with van der Waals surface area (Å²) in [4.78, 5) is 17.5. The smallest absolute Gasteiger partial charge is 0.282 e. The lowest BCUT2D eigenvalue weighted by atomic mass is 10.2. The van der Waals surface area contributed by atoms with E-state index in [0.29, 0.717) is 3.57 Å². The van der Waals surface area contributed by atoms with Crippen molar-refractivity contribution in [2.24, 2.45) is 0 Å². The summed E-state index contributed by atoms with van der Waals surface area (Å²) in [5, 5.41) is 13.9. The van der Waals surface area contributed by atoms with E-state index in [-0.39, 0.29) is 10.6 Å². The van der Waals surface area contributed by atoms with Gasteiger partial charge in [0, 0.05) is 37.1 Å². The van der Waals surface area contributed by atoms with Crippen LogP contribution in [-0.2, 0) is 6.42 Å². The normalized spacial score (nSPS) is 10.4. The van der Waals surface area contributed by atoms with Gasteiger partial charge in [0.1, 0.15) is 5.82 Å². The van der Waals surface area contributed by atoms with Gasteiger partial charge in [-0.05, 0) is 41.1 Å². The molecule has 0 atom stereocenters. The van der Waals surface area contributed by atoms with Crippen LogP contribution in [0.1, 0.15) is 12.2 Å². The van der Waals surface area contributed by atoms with Gasteiger partial charge in [-0.15, -0.1) is 0 Å². The van der Waals surface area contributed by atoms with Gasteiger partial charge in [0.2, 0.25) is 0 Å². The molecule has 1 aromatic heterocycles. The summed E-state index contributed by atoms with van der Waals surface area (Å²) < 4.78 is 0.638. The molecule has 2 rings (SSSR count). The Morgan fingerprint density at radius 2 is 2.32 bits per heavy atom. The lowest BCUT2D eigenvalue weighted by Crippen LogP contribution is -2.04. The van der Waals surface area contributed by atoms with E-state index in [4.69, 9.17) is 0 Å². The second kappa shape index (κ2) is 6.50. The maximum absolute atomic E-state index is 10.7. The predicted molar refractivity (Wildman–Crippen MR) is 81.2 cm³/mol. The number of aryl methyl sites for hydroxylation is 1. The van der Waals surface area contributed by atoms with E-state index in [0.717, 1.165) is 30.9 Å². The summed E-state index contributed by atoms with van der Waals surface area (Å²) >= 11 is 1.97. The number of nitro groups is 1. The van der Waals surface area contributed by atoms with Crippen LogP contribution >= 0.6 is 22.6 Å². The van der Waals surface area contributed by atoms with Gasteiger partial charge in [-0.1, -0.05) is 0 Å². The van der Waals surface area contributed by atoms with Crippen molar-refractivity contribution in [3.05, 3.63) is 50.1 Å². The summed E-state index contributed by atoms with van der Waals surface area (Å²) in [5.74, 6) is 0.972. The van der Waals surface area contributed by atoms with Crippen molar-refractivity contribution in [3.63, 3.8) is 0 Å². The molecule has 0 saturated carbocycles. The van der Waals surface area contributed by atoms with E-state index in [1.807, 2.05) is 22.6 Å². The minimum Gasteiger partial charge on any atom is -0.385 e. The number of nitro benzene ring substituents is 1. The van der Waals surface area contributed by atoms with Crippen molar-refractivity contribution in [2.45, 2.75) is 12.8 Å². The van der Waals surface area contributed by atoms with E-state index in [1.54, 1.807) is 24.5 Å². The molecule has 0 unspecified atom stereocenters. The Kier molecular flexibility index (Phi) is 4.72. The summed E-state index contributed by atoms with van der Waals surface area (Å²) in [5.41, 5.74) is 1.04. The van der Waals surface area contributed by atoms with Crippen molar-refractivity contribution in [3.8, 4) is 0 Å². The fraction of sp³-hybridized carbons (Fsp3) is 0.250. The van der Waals surface area contributed by atoms with Crippen molar-refractivity contribution < 1.29 is 4.92 Å². The largest absolute Gasteiger partial charge is 0.385 e. The van der Waals surface area contributed by atoms with Gasteiger partial charge in [-0.25, -0.2) is 4.98 Å². The van der Waals surface area contributed by atoms with Crippen molar-refractivity contribution >= 4 is 34.0 Å². The van der Waals surface area contributed by atoms with Crippen LogP contribution in [0.5, 0.6) is 0 Å². The molecular formula is C12H13IN4O2. The molecule has 0 saturated heterocycles. The molecule has 19 heavy (non-hydrogen) atoms. The number of aromatic amines is 1. The van der Waals surface area contributed by atoms with E-state index in [2.05, 4.69) is 15.3 Å². The highest BCUT2D eigenvalue weighted by Gasteiger charge is 2.11. The maximum atomic E-state index is 10.7. The third kappa shape index (κ3) is 3.91. The molecule has 2 aromatic rings. The standard InChI is InChI=1S/C12H13IN4O2/c13-10-8-9(3-4-11(10)17(18)19)14-5-1-2-12-15-6-7-16-12/h3-4,6-8,14H,1-2,5H2,(H,15,16). The lowest BCUT2D eigenvalue weighted by Gasteiger charge is -2.06. The molecule has 1 aromatic carbocycles. The van der Waals surface area contributed by atoms with Gasteiger partial charge in [0.05, 0.1) is 8.49 Å². The highest BCUT2D eigenvalue weighted by atomic mass is 127. The van der Waals surface area contributed by atoms with Crippen LogP contribution in [0.2, 0.25) is 0 Å². The van der Waals surface area contributed by atoms with Gasteiger partial charge >= 0.3 is 0 Å². The Labute approximate surface area is 123 Å². The van der Waals surface area contributed by atoms with E-state index in [9.17, 15) is 10.1 Å². The van der Waals surface area contributed by atoms with Crippen molar-refractivity contribution in [2.75, 3.05) is 11.9 Å². The number of rotatable bonds is 6. The number of halogens is 1. The zero-order chi connectivity index (χ0) is 13.7. The number of H-pyrrole nitrogens is 1. The molecule has 0 aliphatic rings. The number of nitrogens with zero attached hydrogens (tertiary/aromatic N) is 2. The van der Waals surface area contributed by atoms with Gasteiger partial charge in [0.15, 0.2) is 0 Å². The quantitative estimate of drug-likeness (QED) is 0.354. The number of imidazole rings is 1. The highest BCUT2D eigenvalue weighted by Crippen LogP contribution is 2.24. The monoisotopic (exact) mass is 372 g/mol. The predicted octanol–water partition coefficient (Wildman–Crippen LogP) is 2.97. The lowest BCUT2D eigenvalue weighted by molar-refractivity contribution is -0.385. The summed E-state index contributed by atoms with van der Waals surface area (Å²) in [6.45, 7) is 0.800. The number of nitrogens with one attached hydrogen (secondary N) is 2. The number of benzene rings is 1. The molecule has 0 amide bonds. The first-order valence-electron chi connectivity index (χ1n) is 5.83. The summed E-state index contributed by atoms with van der Waals surface area (Å²) in [6.07, 6.45) is 5.37. The van der Waals surface area contributed by atoms with Crippen LogP contribution in [0.3, 0.4) is 0 Å². The number of hydrogen-bond donors (Lipinski definition) is 2. The van der Waals surface area contributed by atoms with E-state index < -0.39 is 0 Å². The van der Waals surface area contributed by atoms with Gasteiger partial charge < -0.3 is 10.3 Å². The Morgan fingerprint density at radius 3 is 2.95 bits per heavy atom. The third-order valence-corrected chi connectivity index (χ3v) is 3.48. The molecule has 0 spiro atoms. The summed E-state index contributed by atoms with van der Waals surface area (Å²) in [7, 11) is 0. The van der Waals surface area contributed by atoms with Crippen LogP contribution in [-0.4, -0.2) is 21.4 Å². The molecule has 0 fully saturated rings. The first-order valence-corrected chi connectivity index (χ1v) is 6.91. The highest BCUT2D eigenvalue weighted by molar-refractivity contribution is 14.1. The second-order valence-corrected chi connectivity index (χ2v) is 5.15. The first-order chi connectivity index (χ1) is 9.16. The summed E-state index contributed by atoms with van der Waals surface area (Å²) in [6, 6.07) is 5.04. The number of hydrogen-bond acceptors (Lipinski definition) is 4. The Morgan fingerprint density at radius 1 is 1.47 bits per heavy atom. The average Bonchev–Trinajstić information content (AvgIpc) is 2.87. The number of anilines is 1. The zero-order valence-electron chi connectivity index (χ0n) is 10.1. The molecule has 0 aliphatic heterocycles. The van der Waals surface area contributed by atoms with Crippen LogP contribution in [0.4, 0.5) is 11.4 Å².